The Morgan fingerprint density at radius 3 is 2.64 bits per heavy atom. The third-order valence-electron chi connectivity index (χ3n) is 2.67. The second-order valence-corrected chi connectivity index (χ2v) is 3.89. The number of aryl methyl sites for hydroxylation is 1. The van der Waals surface area contributed by atoms with Crippen LogP contribution < -0.4 is 0 Å². The molecule has 1 aromatic heterocycles. The molecule has 0 atom stereocenters. The molecule has 0 spiro atoms. The summed E-state index contributed by atoms with van der Waals surface area (Å²) in [5, 5.41) is 8.76. The van der Waals surface area contributed by atoms with Gasteiger partial charge in [0.15, 0.2) is 0 Å². The molecule has 0 radical (unpaired) electrons. The first kappa shape index (κ1) is 9.12. The molecule has 4 heteroatoms. The highest BCUT2D eigenvalue weighted by atomic mass is 16.4. The Morgan fingerprint density at radius 2 is 2.21 bits per heavy atom. The molecule has 0 bridgehead atoms. The van der Waals surface area contributed by atoms with Gasteiger partial charge in [-0.05, 0) is 19.8 Å². The molecule has 4 nitrogen and oxygen atoms in total. The quantitative estimate of drug-likeness (QED) is 0.783. The summed E-state index contributed by atoms with van der Waals surface area (Å²) in [5.74, 6) is -0.759. The molecule has 0 amide bonds. The average molecular weight is 192 g/mol. The van der Waals surface area contributed by atoms with E-state index in [2.05, 4.69) is 9.97 Å². The fourth-order valence-electron chi connectivity index (χ4n) is 1.63. The van der Waals surface area contributed by atoms with Gasteiger partial charge in [0.2, 0.25) is 0 Å². The van der Waals surface area contributed by atoms with E-state index in [-0.39, 0.29) is 11.8 Å². The summed E-state index contributed by atoms with van der Waals surface area (Å²) in [6.07, 6.45) is 5.39. The molecule has 0 unspecified atom stereocenters. The molecule has 1 N–H and O–H groups in total. The minimum absolute atomic E-state index is 0.171. The maximum absolute atomic E-state index is 10.6. The predicted molar refractivity (Wildman–Crippen MR) is 49.9 cm³/mol. The first-order chi connectivity index (χ1) is 6.62. The van der Waals surface area contributed by atoms with Gasteiger partial charge in [0.1, 0.15) is 0 Å². The van der Waals surface area contributed by atoms with Crippen LogP contribution in [0.25, 0.3) is 0 Å². The zero-order valence-electron chi connectivity index (χ0n) is 8.03. The van der Waals surface area contributed by atoms with E-state index in [1.807, 2.05) is 6.92 Å². The lowest BCUT2D eigenvalue weighted by molar-refractivity contribution is -0.137. The standard InChI is InChI=1S/C10H12N2O2/c1-7-5-12-8(6-11-7)10(2-3-10)4-9(13)14/h5-6H,2-4H2,1H3,(H,13,14). The molecule has 1 aliphatic rings. The van der Waals surface area contributed by atoms with Crippen LogP contribution in [0.2, 0.25) is 0 Å². The topological polar surface area (TPSA) is 63.1 Å². The molecular formula is C10H12N2O2. The van der Waals surface area contributed by atoms with Gasteiger partial charge in [-0.15, -0.1) is 0 Å². The fourth-order valence-corrected chi connectivity index (χ4v) is 1.63. The van der Waals surface area contributed by atoms with E-state index in [1.54, 1.807) is 12.4 Å². The number of rotatable bonds is 3. The largest absolute Gasteiger partial charge is 0.481 e. The first-order valence-electron chi connectivity index (χ1n) is 4.63. The fraction of sp³-hybridized carbons (Fsp3) is 0.500. The summed E-state index contributed by atoms with van der Waals surface area (Å²) in [6, 6.07) is 0. The van der Waals surface area contributed by atoms with Gasteiger partial charge in [-0.2, -0.15) is 0 Å². The molecule has 1 saturated carbocycles. The molecule has 1 fully saturated rings. The molecule has 1 aliphatic carbocycles. The van der Waals surface area contributed by atoms with Crippen LogP contribution >= 0.6 is 0 Å². The highest BCUT2D eigenvalue weighted by Crippen LogP contribution is 2.49. The van der Waals surface area contributed by atoms with E-state index < -0.39 is 5.97 Å². The van der Waals surface area contributed by atoms with Gasteiger partial charge < -0.3 is 5.11 Å². The number of aliphatic carboxylic acids is 1. The second-order valence-electron chi connectivity index (χ2n) is 3.89. The number of carboxylic acid groups (broad SMARTS) is 1. The van der Waals surface area contributed by atoms with E-state index in [4.69, 9.17) is 5.11 Å². The summed E-state index contributed by atoms with van der Waals surface area (Å²) < 4.78 is 0. The Kier molecular flexibility index (Phi) is 1.98. The molecule has 2 rings (SSSR count). The average Bonchev–Trinajstić information content (AvgIpc) is 2.85. The smallest absolute Gasteiger partial charge is 0.304 e. The molecule has 1 aromatic rings. The summed E-state index contributed by atoms with van der Waals surface area (Å²) in [4.78, 5) is 19.0. The van der Waals surface area contributed by atoms with Gasteiger partial charge in [0.05, 0.1) is 17.8 Å². The van der Waals surface area contributed by atoms with Gasteiger partial charge in [0.25, 0.3) is 0 Å². The van der Waals surface area contributed by atoms with Crippen molar-refractivity contribution in [2.45, 2.75) is 31.6 Å². The monoisotopic (exact) mass is 192 g/mol. The van der Waals surface area contributed by atoms with Crippen molar-refractivity contribution in [2.75, 3.05) is 0 Å². The van der Waals surface area contributed by atoms with Crippen molar-refractivity contribution < 1.29 is 9.90 Å². The van der Waals surface area contributed by atoms with Crippen LogP contribution in [0.1, 0.15) is 30.7 Å². The van der Waals surface area contributed by atoms with Gasteiger partial charge in [0, 0.05) is 17.8 Å². The summed E-state index contributed by atoms with van der Waals surface area (Å²) >= 11 is 0. The van der Waals surface area contributed by atoms with Gasteiger partial charge in [-0.25, -0.2) is 0 Å². The second kappa shape index (κ2) is 3.04. The zero-order valence-corrected chi connectivity index (χ0v) is 8.03. The molecule has 14 heavy (non-hydrogen) atoms. The first-order valence-corrected chi connectivity index (χ1v) is 4.63. The minimum Gasteiger partial charge on any atom is -0.481 e. The number of aromatic nitrogens is 2. The highest BCUT2D eigenvalue weighted by Gasteiger charge is 2.47. The van der Waals surface area contributed by atoms with Crippen LogP contribution in [0.5, 0.6) is 0 Å². The minimum atomic E-state index is -0.759. The number of hydrogen-bond acceptors (Lipinski definition) is 3. The van der Waals surface area contributed by atoms with Crippen molar-refractivity contribution in [3.63, 3.8) is 0 Å². The SMILES string of the molecule is Cc1cnc(C2(CC(=O)O)CC2)cn1. The molecule has 1 heterocycles. The normalized spacial score (nSPS) is 17.8. The Labute approximate surface area is 82.0 Å². The van der Waals surface area contributed by atoms with Crippen LogP contribution in [0.15, 0.2) is 12.4 Å². The van der Waals surface area contributed by atoms with Crippen LogP contribution in [0, 0.1) is 6.92 Å². The molecule has 74 valence electrons. The van der Waals surface area contributed by atoms with E-state index >= 15 is 0 Å². The molecule has 0 aliphatic heterocycles. The van der Waals surface area contributed by atoms with E-state index in [0.717, 1.165) is 24.2 Å². The van der Waals surface area contributed by atoms with Crippen LogP contribution in [0.4, 0.5) is 0 Å². The predicted octanol–water partition coefficient (Wildman–Crippen LogP) is 1.29. The highest BCUT2D eigenvalue weighted by molar-refractivity contribution is 5.69. The van der Waals surface area contributed by atoms with E-state index in [0.29, 0.717) is 0 Å². The van der Waals surface area contributed by atoms with Crippen molar-refractivity contribution in [3.8, 4) is 0 Å². The van der Waals surface area contributed by atoms with E-state index in [9.17, 15) is 4.79 Å². The number of nitrogens with zero attached hydrogens (tertiary/aromatic N) is 2. The Balaban J connectivity index is 2.22. The van der Waals surface area contributed by atoms with E-state index in [1.165, 1.54) is 0 Å². The summed E-state index contributed by atoms with van der Waals surface area (Å²) in [5.41, 5.74) is 1.47. The van der Waals surface area contributed by atoms with Gasteiger partial charge in [-0.3, -0.25) is 14.8 Å². The Hall–Kier alpha value is -1.45. The maximum Gasteiger partial charge on any atom is 0.304 e. The van der Waals surface area contributed by atoms with Crippen molar-refractivity contribution in [1.82, 2.24) is 9.97 Å². The lowest BCUT2D eigenvalue weighted by Gasteiger charge is -2.10. The molecule has 0 saturated heterocycles. The lowest BCUT2D eigenvalue weighted by Crippen LogP contribution is -2.14. The van der Waals surface area contributed by atoms with Crippen molar-refractivity contribution >= 4 is 5.97 Å². The van der Waals surface area contributed by atoms with Gasteiger partial charge >= 0.3 is 5.97 Å². The summed E-state index contributed by atoms with van der Waals surface area (Å²) in [6.45, 7) is 1.87. The maximum atomic E-state index is 10.6. The zero-order chi connectivity index (χ0) is 10.2. The number of hydrogen-bond donors (Lipinski definition) is 1. The summed E-state index contributed by atoms with van der Waals surface area (Å²) in [7, 11) is 0. The van der Waals surface area contributed by atoms with Crippen LogP contribution in [-0.4, -0.2) is 21.0 Å². The number of carboxylic acids is 1. The molecule has 0 aromatic carbocycles. The van der Waals surface area contributed by atoms with Crippen molar-refractivity contribution in [2.24, 2.45) is 0 Å². The van der Waals surface area contributed by atoms with Crippen molar-refractivity contribution in [3.05, 3.63) is 23.8 Å². The lowest BCUT2D eigenvalue weighted by atomic mass is 9.99. The van der Waals surface area contributed by atoms with Crippen LogP contribution in [0.3, 0.4) is 0 Å². The van der Waals surface area contributed by atoms with Crippen LogP contribution in [-0.2, 0) is 10.2 Å². The number of carbonyl (C=O) groups is 1. The third kappa shape index (κ3) is 1.60. The Morgan fingerprint density at radius 1 is 1.50 bits per heavy atom. The van der Waals surface area contributed by atoms with Crippen molar-refractivity contribution in [1.29, 1.82) is 0 Å². The Bertz CT molecular complexity index is 355. The third-order valence-corrected chi connectivity index (χ3v) is 2.67. The molecular weight excluding hydrogens is 180 g/mol. The van der Waals surface area contributed by atoms with Gasteiger partial charge in [-0.1, -0.05) is 0 Å².